The van der Waals surface area contributed by atoms with Crippen LogP contribution in [0.2, 0.25) is 0 Å². The lowest BCUT2D eigenvalue weighted by molar-refractivity contribution is -0.144. The lowest BCUT2D eigenvalue weighted by Crippen LogP contribution is -2.52. The molecule has 0 aliphatic carbocycles. The Labute approximate surface area is 207 Å². The highest BCUT2D eigenvalue weighted by molar-refractivity contribution is 7.15. The number of nitrogens with zero attached hydrogens (tertiary/aromatic N) is 3. The summed E-state index contributed by atoms with van der Waals surface area (Å²) in [7, 11) is 4.42. The Morgan fingerprint density at radius 3 is 2.11 bits per heavy atom. The Hall–Kier alpha value is -3.63. The van der Waals surface area contributed by atoms with Crippen LogP contribution in [-0.2, 0) is 4.79 Å². The largest absolute Gasteiger partial charge is 0.497 e. The van der Waals surface area contributed by atoms with E-state index < -0.39 is 18.0 Å². The Morgan fingerprint density at radius 2 is 1.60 bits per heavy atom. The summed E-state index contributed by atoms with van der Waals surface area (Å²) in [6, 6.07) is 13.6. The van der Waals surface area contributed by atoms with Gasteiger partial charge in [0, 0.05) is 25.1 Å². The van der Waals surface area contributed by atoms with Gasteiger partial charge in [0.1, 0.15) is 17.5 Å². The number of hydroxylamine groups is 2. The van der Waals surface area contributed by atoms with Gasteiger partial charge in [-0.15, -0.1) is 11.3 Å². The number of hydrogen-bond acceptors (Lipinski definition) is 7. The molecule has 1 aliphatic rings. The predicted molar refractivity (Wildman–Crippen MR) is 131 cm³/mol. The Morgan fingerprint density at radius 1 is 1.03 bits per heavy atom. The highest BCUT2D eigenvalue weighted by Gasteiger charge is 2.39. The number of likely N-dealkylation sites (tertiary alicyclic amines) is 1. The molecule has 1 saturated heterocycles. The molecule has 1 aliphatic heterocycles. The van der Waals surface area contributed by atoms with Gasteiger partial charge in [-0.2, -0.15) is 0 Å². The number of thiazole rings is 1. The first-order valence-electron chi connectivity index (χ1n) is 11.1. The molecule has 1 fully saturated rings. The number of aliphatic carboxylic acids is 1. The van der Waals surface area contributed by atoms with Gasteiger partial charge in [0.2, 0.25) is 0 Å². The third kappa shape index (κ3) is 5.08. The van der Waals surface area contributed by atoms with Crippen LogP contribution in [0.1, 0.15) is 23.8 Å². The zero-order valence-corrected chi connectivity index (χ0v) is 20.5. The standard InChI is InChI=1S/C25H27N3O6S/c1-27(32)25(31)28-13-12-17(14-20(28)24(29)30)23-26-21(15-4-8-18(33-2)9-5-15)22(35-23)16-6-10-19(34-3)11-7-16/h4-11,17,20,32H,12-14H2,1-3H3,(H,29,30). The Bertz CT molecular complexity index is 1130. The van der Waals surface area contributed by atoms with E-state index >= 15 is 0 Å². The minimum Gasteiger partial charge on any atom is -0.497 e. The maximum absolute atomic E-state index is 12.3. The second kappa shape index (κ2) is 10.3. The summed E-state index contributed by atoms with van der Waals surface area (Å²) in [6.45, 7) is 0.209. The van der Waals surface area contributed by atoms with Crippen LogP contribution in [0.25, 0.3) is 21.7 Å². The van der Waals surface area contributed by atoms with Crippen molar-refractivity contribution in [2.24, 2.45) is 0 Å². The summed E-state index contributed by atoms with van der Waals surface area (Å²) in [4.78, 5) is 31.4. The van der Waals surface area contributed by atoms with E-state index in [2.05, 4.69) is 0 Å². The number of carboxylic acid groups (broad SMARTS) is 1. The number of amides is 2. The van der Waals surface area contributed by atoms with Crippen LogP contribution >= 0.6 is 11.3 Å². The normalized spacial score (nSPS) is 17.7. The molecule has 184 valence electrons. The highest BCUT2D eigenvalue weighted by Crippen LogP contribution is 2.43. The van der Waals surface area contributed by atoms with Crippen LogP contribution in [0.3, 0.4) is 0 Å². The molecular weight excluding hydrogens is 470 g/mol. The maximum atomic E-state index is 12.3. The van der Waals surface area contributed by atoms with Gasteiger partial charge in [-0.3, -0.25) is 5.21 Å². The summed E-state index contributed by atoms with van der Waals surface area (Å²) in [6.07, 6.45) is 0.757. The molecule has 0 saturated carbocycles. The van der Waals surface area contributed by atoms with Crippen LogP contribution in [0.15, 0.2) is 48.5 Å². The SMILES string of the molecule is COc1ccc(-c2nc(C3CCN(C(=O)N(C)O)C(C(=O)O)C3)sc2-c2ccc(OC)cc2)cc1. The van der Waals surface area contributed by atoms with E-state index in [1.54, 1.807) is 14.2 Å². The highest BCUT2D eigenvalue weighted by atomic mass is 32.1. The summed E-state index contributed by atoms with van der Waals surface area (Å²) < 4.78 is 10.6. The molecule has 2 N–H and O–H groups in total. The number of piperidine rings is 1. The molecule has 9 nitrogen and oxygen atoms in total. The third-order valence-corrected chi connectivity index (χ3v) is 7.39. The van der Waals surface area contributed by atoms with Crippen LogP contribution in [0.5, 0.6) is 11.5 Å². The molecule has 2 unspecified atom stereocenters. The zero-order chi connectivity index (χ0) is 25.1. The molecule has 3 aromatic rings. The monoisotopic (exact) mass is 497 g/mol. The number of hydrogen-bond donors (Lipinski definition) is 2. The fraction of sp³-hybridized carbons (Fsp3) is 0.320. The fourth-order valence-electron chi connectivity index (χ4n) is 4.23. The van der Waals surface area contributed by atoms with Crippen molar-refractivity contribution in [2.75, 3.05) is 27.8 Å². The first-order chi connectivity index (χ1) is 16.8. The summed E-state index contributed by atoms with van der Waals surface area (Å²) in [5.41, 5.74) is 2.70. The van der Waals surface area contributed by atoms with Crippen molar-refractivity contribution in [2.45, 2.75) is 24.8 Å². The van der Waals surface area contributed by atoms with Gasteiger partial charge in [-0.25, -0.2) is 19.6 Å². The molecule has 4 rings (SSSR count). The molecule has 2 heterocycles. The first-order valence-corrected chi connectivity index (χ1v) is 11.9. The van der Waals surface area contributed by atoms with Crippen molar-refractivity contribution in [3.63, 3.8) is 0 Å². The van der Waals surface area contributed by atoms with E-state index in [1.807, 2.05) is 48.5 Å². The minimum absolute atomic E-state index is 0.141. The van der Waals surface area contributed by atoms with Gasteiger partial charge in [0.25, 0.3) is 0 Å². The smallest absolute Gasteiger partial charge is 0.344 e. The quantitative estimate of drug-likeness (QED) is 0.379. The lowest BCUT2D eigenvalue weighted by Gasteiger charge is -2.37. The van der Waals surface area contributed by atoms with E-state index in [1.165, 1.54) is 23.3 Å². The summed E-state index contributed by atoms with van der Waals surface area (Å²) in [5.74, 6) is 0.246. The number of carbonyl (C=O) groups excluding carboxylic acids is 1. The van der Waals surface area contributed by atoms with Crippen molar-refractivity contribution in [3.05, 3.63) is 53.5 Å². The number of aromatic nitrogens is 1. The summed E-state index contributed by atoms with van der Waals surface area (Å²) in [5, 5.41) is 20.6. The second-order valence-corrected chi connectivity index (χ2v) is 9.29. The van der Waals surface area contributed by atoms with Crippen LogP contribution in [0.4, 0.5) is 4.79 Å². The second-order valence-electron chi connectivity index (χ2n) is 8.26. The van der Waals surface area contributed by atoms with Gasteiger partial charge in [-0.1, -0.05) is 0 Å². The van der Waals surface area contributed by atoms with Crippen molar-refractivity contribution in [1.29, 1.82) is 0 Å². The van der Waals surface area contributed by atoms with Crippen molar-refractivity contribution >= 4 is 23.3 Å². The lowest BCUT2D eigenvalue weighted by atomic mass is 9.91. The number of carboxylic acids is 1. The number of carbonyl (C=O) groups is 2. The van der Waals surface area contributed by atoms with E-state index in [-0.39, 0.29) is 18.9 Å². The fourth-order valence-corrected chi connectivity index (χ4v) is 5.47. The number of rotatable bonds is 6. The average molecular weight is 498 g/mol. The minimum atomic E-state index is -1.10. The Kier molecular flexibility index (Phi) is 7.23. The van der Waals surface area contributed by atoms with Crippen molar-refractivity contribution in [3.8, 4) is 33.2 Å². The van der Waals surface area contributed by atoms with Gasteiger partial charge in [0.05, 0.1) is 29.8 Å². The number of benzene rings is 2. The van der Waals surface area contributed by atoms with E-state index in [0.29, 0.717) is 11.5 Å². The predicted octanol–water partition coefficient (Wildman–Crippen LogP) is 4.57. The van der Waals surface area contributed by atoms with Gasteiger partial charge in [0.15, 0.2) is 0 Å². The van der Waals surface area contributed by atoms with Gasteiger partial charge < -0.3 is 19.5 Å². The summed E-state index contributed by atoms with van der Waals surface area (Å²) >= 11 is 1.53. The topological polar surface area (TPSA) is 112 Å². The zero-order valence-electron chi connectivity index (χ0n) is 19.7. The average Bonchev–Trinajstić information content (AvgIpc) is 3.33. The number of urea groups is 1. The molecule has 1 aromatic heterocycles. The third-order valence-electron chi connectivity index (χ3n) is 6.12. The van der Waals surface area contributed by atoms with Gasteiger partial charge >= 0.3 is 12.0 Å². The van der Waals surface area contributed by atoms with E-state index in [9.17, 15) is 19.9 Å². The molecule has 0 radical (unpaired) electrons. The number of methoxy groups -OCH3 is 2. The molecule has 2 atom stereocenters. The first kappa shape index (κ1) is 24.5. The van der Waals surface area contributed by atoms with E-state index in [0.717, 1.165) is 38.2 Å². The molecule has 0 spiro atoms. The van der Waals surface area contributed by atoms with Crippen LogP contribution in [-0.4, -0.2) is 71.1 Å². The maximum Gasteiger partial charge on any atom is 0.344 e. The number of ether oxygens (including phenoxy) is 2. The molecule has 10 heteroatoms. The molecule has 0 bridgehead atoms. The van der Waals surface area contributed by atoms with Crippen LogP contribution < -0.4 is 9.47 Å². The molecule has 2 aromatic carbocycles. The van der Waals surface area contributed by atoms with Crippen molar-refractivity contribution < 1.29 is 29.4 Å². The molecule has 35 heavy (non-hydrogen) atoms. The Balaban J connectivity index is 1.71. The van der Waals surface area contributed by atoms with Gasteiger partial charge in [-0.05, 0) is 66.9 Å². The molecular formula is C25H27N3O6S. The van der Waals surface area contributed by atoms with Crippen LogP contribution in [0, 0.1) is 0 Å². The van der Waals surface area contributed by atoms with E-state index in [4.69, 9.17) is 14.5 Å². The van der Waals surface area contributed by atoms with Crippen molar-refractivity contribution in [1.82, 2.24) is 14.9 Å². The molecule has 2 amide bonds.